The minimum Gasteiger partial charge on any atom is -0.395 e. The fourth-order valence-electron chi connectivity index (χ4n) is 1.65. The summed E-state index contributed by atoms with van der Waals surface area (Å²) in [6.45, 7) is 8.75. The highest BCUT2D eigenvalue weighted by molar-refractivity contribution is 9.09. The van der Waals surface area contributed by atoms with Crippen molar-refractivity contribution in [2.75, 3.05) is 25.0 Å². The van der Waals surface area contributed by atoms with E-state index in [2.05, 4.69) is 41.6 Å². The van der Waals surface area contributed by atoms with Crippen LogP contribution in [0.5, 0.6) is 0 Å². The lowest BCUT2D eigenvalue weighted by Crippen LogP contribution is -2.37. The number of aliphatic hydroxyl groups is 1. The quantitative estimate of drug-likeness (QED) is 0.682. The smallest absolute Gasteiger partial charge is 0.0558 e. The second-order valence-electron chi connectivity index (χ2n) is 4.12. The first-order valence-corrected chi connectivity index (χ1v) is 6.68. The molecule has 0 aliphatic heterocycles. The van der Waals surface area contributed by atoms with E-state index in [9.17, 15) is 0 Å². The van der Waals surface area contributed by atoms with Crippen LogP contribution < -0.4 is 0 Å². The third-order valence-electron chi connectivity index (χ3n) is 2.53. The van der Waals surface area contributed by atoms with Crippen LogP contribution in [0.1, 0.15) is 33.6 Å². The highest BCUT2D eigenvalue weighted by Crippen LogP contribution is 2.13. The van der Waals surface area contributed by atoms with Gasteiger partial charge in [-0.05, 0) is 26.2 Å². The van der Waals surface area contributed by atoms with E-state index >= 15 is 0 Å². The Labute approximate surface area is 96.8 Å². The van der Waals surface area contributed by atoms with E-state index in [1.807, 2.05) is 0 Å². The molecular weight excluding hydrogens is 242 g/mol. The van der Waals surface area contributed by atoms with Gasteiger partial charge in [0, 0.05) is 24.5 Å². The van der Waals surface area contributed by atoms with Crippen LogP contribution in [0.25, 0.3) is 0 Å². The number of aliphatic hydroxyl groups excluding tert-OH is 1. The van der Waals surface area contributed by atoms with Gasteiger partial charge in [0.05, 0.1) is 6.61 Å². The van der Waals surface area contributed by atoms with E-state index in [0.717, 1.165) is 18.4 Å². The van der Waals surface area contributed by atoms with Gasteiger partial charge in [-0.2, -0.15) is 0 Å². The molecule has 0 radical (unpaired) electrons. The molecule has 3 heteroatoms. The molecule has 0 fully saturated rings. The highest BCUT2D eigenvalue weighted by atomic mass is 79.9. The Morgan fingerprint density at radius 1 is 1.36 bits per heavy atom. The molecule has 1 N–H and O–H groups in total. The topological polar surface area (TPSA) is 23.5 Å². The molecule has 0 aliphatic rings. The largest absolute Gasteiger partial charge is 0.395 e. The Balaban J connectivity index is 3.97. The van der Waals surface area contributed by atoms with Crippen LogP contribution >= 0.6 is 15.9 Å². The number of rotatable bonds is 8. The van der Waals surface area contributed by atoms with Crippen molar-refractivity contribution in [2.24, 2.45) is 5.92 Å². The number of nitrogens with zero attached hydrogens (tertiary/aromatic N) is 1. The molecule has 0 saturated heterocycles. The monoisotopic (exact) mass is 265 g/mol. The van der Waals surface area contributed by atoms with Crippen molar-refractivity contribution in [3.05, 3.63) is 0 Å². The second kappa shape index (κ2) is 8.69. The number of halogens is 1. The fraction of sp³-hybridized carbons (Fsp3) is 1.00. The zero-order valence-corrected chi connectivity index (χ0v) is 11.3. The molecule has 0 aliphatic carbocycles. The summed E-state index contributed by atoms with van der Waals surface area (Å²) in [6, 6.07) is 0.528. The molecule has 0 aromatic carbocycles. The zero-order chi connectivity index (χ0) is 11.0. The van der Waals surface area contributed by atoms with Gasteiger partial charge in [0.15, 0.2) is 0 Å². The Kier molecular flexibility index (Phi) is 8.94. The summed E-state index contributed by atoms with van der Waals surface area (Å²) in [4.78, 5) is 2.35. The minimum absolute atomic E-state index is 0.263. The molecule has 0 aromatic rings. The van der Waals surface area contributed by atoms with Gasteiger partial charge in [0.2, 0.25) is 0 Å². The molecule has 1 unspecified atom stereocenters. The summed E-state index contributed by atoms with van der Waals surface area (Å²) in [6.07, 6.45) is 2.50. The molecule has 0 heterocycles. The Bertz CT molecular complexity index is 130. The average Bonchev–Trinajstić information content (AvgIpc) is 2.15. The van der Waals surface area contributed by atoms with E-state index in [0.29, 0.717) is 12.0 Å². The standard InChI is InChI=1S/C11H24BrNO/c1-4-5-11(8-12)9-13(6-7-14)10(2)3/h10-11,14H,4-9H2,1-3H3. The third-order valence-corrected chi connectivity index (χ3v) is 3.44. The first-order valence-electron chi connectivity index (χ1n) is 5.56. The summed E-state index contributed by atoms with van der Waals surface area (Å²) >= 11 is 3.56. The maximum absolute atomic E-state index is 8.95. The van der Waals surface area contributed by atoms with Crippen molar-refractivity contribution < 1.29 is 5.11 Å². The minimum atomic E-state index is 0.263. The van der Waals surface area contributed by atoms with Gasteiger partial charge in [0.25, 0.3) is 0 Å². The first kappa shape index (κ1) is 14.4. The van der Waals surface area contributed by atoms with E-state index in [1.165, 1.54) is 12.8 Å². The Morgan fingerprint density at radius 3 is 2.36 bits per heavy atom. The van der Waals surface area contributed by atoms with Crippen LogP contribution in [0.2, 0.25) is 0 Å². The molecule has 14 heavy (non-hydrogen) atoms. The van der Waals surface area contributed by atoms with Crippen LogP contribution in [-0.4, -0.2) is 41.1 Å². The van der Waals surface area contributed by atoms with E-state index in [4.69, 9.17) is 5.11 Å². The Morgan fingerprint density at radius 2 is 2.00 bits per heavy atom. The molecule has 0 rings (SSSR count). The van der Waals surface area contributed by atoms with Crippen molar-refractivity contribution >= 4 is 15.9 Å². The van der Waals surface area contributed by atoms with Crippen molar-refractivity contribution in [1.29, 1.82) is 0 Å². The lowest BCUT2D eigenvalue weighted by Gasteiger charge is -2.29. The predicted octanol–water partition coefficient (Wildman–Crippen LogP) is 2.50. The summed E-state index contributed by atoms with van der Waals surface area (Å²) in [5.74, 6) is 0.717. The normalized spacial score (nSPS) is 13.9. The van der Waals surface area contributed by atoms with E-state index < -0.39 is 0 Å². The third kappa shape index (κ3) is 5.99. The highest BCUT2D eigenvalue weighted by Gasteiger charge is 2.14. The van der Waals surface area contributed by atoms with Crippen LogP contribution in [0.15, 0.2) is 0 Å². The summed E-state index contributed by atoms with van der Waals surface area (Å²) in [5, 5.41) is 10.0. The van der Waals surface area contributed by atoms with Crippen LogP contribution in [0, 0.1) is 5.92 Å². The summed E-state index contributed by atoms with van der Waals surface area (Å²) < 4.78 is 0. The van der Waals surface area contributed by atoms with Crippen LogP contribution in [0.3, 0.4) is 0 Å². The second-order valence-corrected chi connectivity index (χ2v) is 4.77. The van der Waals surface area contributed by atoms with Gasteiger partial charge in [-0.25, -0.2) is 0 Å². The molecule has 86 valence electrons. The van der Waals surface area contributed by atoms with Crippen LogP contribution in [0.4, 0.5) is 0 Å². The fourth-order valence-corrected chi connectivity index (χ4v) is 2.17. The molecule has 1 atom stereocenters. The van der Waals surface area contributed by atoms with Gasteiger partial charge < -0.3 is 5.11 Å². The molecular formula is C11H24BrNO. The Hall–Kier alpha value is 0.400. The van der Waals surface area contributed by atoms with Gasteiger partial charge in [0.1, 0.15) is 0 Å². The lowest BCUT2D eigenvalue weighted by molar-refractivity contribution is 0.147. The lowest BCUT2D eigenvalue weighted by atomic mass is 10.0. The van der Waals surface area contributed by atoms with E-state index in [-0.39, 0.29) is 6.61 Å². The zero-order valence-electron chi connectivity index (χ0n) is 9.67. The molecule has 2 nitrogen and oxygen atoms in total. The van der Waals surface area contributed by atoms with Gasteiger partial charge in [-0.15, -0.1) is 0 Å². The maximum atomic E-state index is 8.95. The summed E-state index contributed by atoms with van der Waals surface area (Å²) in [5.41, 5.74) is 0. The van der Waals surface area contributed by atoms with Gasteiger partial charge in [-0.1, -0.05) is 29.3 Å². The van der Waals surface area contributed by atoms with Gasteiger partial charge in [-0.3, -0.25) is 4.90 Å². The number of hydrogen-bond donors (Lipinski definition) is 1. The number of alkyl halides is 1. The predicted molar refractivity (Wildman–Crippen MR) is 66.0 cm³/mol. The van der Waals surface area contributed by atoms with Crippen molar-refractivity contribution in [2.45, 2.75) is 39.7 Å². The average molecular weight is 266 g/mol. The SMILES string of the molecule is CCCC(CBr)CN(CCO)C(C)C. The van der Waals surface area contributed by atoms with E-state index in [1.54, 1.807) is 0 Å². The molecule has 0 saturated carbocycles. The summed E-state index contributed by atoms with van der Waals surface area (Å²) in [7, 11) is 0. The molecule has 0 bridgehead atoms. The van der Waals surface area contributed by atoms with Crippen molar-refractivity contribution in [3.63, 3.8) is 0 Å². The van der Waals surface area contributed by atoms with Crippen molar-refractivity contribution in [3.8, 4) is 0 Å². The maximum Gasteiger partial charge on any atom is 0.0558 e. The molecule has 0 spiro atoms. The first-order chi connectivity index (χ1) is 6.65. The molecule has 0 aromatic heterocycles. The molecule has 0 amide bonds. The van der Waals surface area contributed by atoms with Gasteiger partial charge >= 0.3 is 0 Å². The number of hydrogen-bond acceptors (Lipinski definition) is 2. The van der Waals surface area contributed by atoms with Crippen molar-refractivity contribution in [1.82, 2.24) is 4.90 Å². The van der Waals surface area contributed by atoms with Crippen LogP contribution in [-0.2, 0) is 0 Å².